The summed E-state index contributed by atoms with van der Waals surface area (Å²) in [5.74, 6) is 0.634. The molecule has 1 unspecified atom stereocenters. The lowest BCUT2D eigenvalue weighted by molar-refractivity contribution is -0.0550. The summed E-state index contributed by atoms with van der Waals surface area (Å²) in [6.07, 6.45) is 7.73. The molecule has 2 aliphatic heterocycles. The van der Waals surface area contributed by atoms with Gasteiger partial charge in [0.2, 0.25) is 0 Å². The van der Waals surface area contributed by atoms with Crippen LogP contribution in [0.1, 0.15) is 66.5 Å². The molecule has 4 rings (SSSR count). The smallest absolute Gasteiger partial charge is 0.0906 e. The lowest BCUT2D eigenvalue weighted by Gasteiger charge is -2.38. The van der Waals surface area contributed by atoms with Crippen LogP contribution in [0.4, 0.5) is 0 Å². The number of aromatic nitrogens is 1. The number of rotatable bonds is 5. The molecule has 1 atom stereocenters. The molecule has 0 saturated carbocycles. The molecule has 1 fully saturated rings. The van der Waals surface area contributed by atoms with Crippen molar-refractivity contribution in [2.24, 2.45) is 0 Å². The standard InChI is InChI=1S/C25H34N2O/c1-19-17-20(2)22-10-16-28-25(3,23(22)18-19)11-6-13-27-14-8-21(9-15-27)24-7-4-5-12-26-24/h4-5,7,12,17-18,21H,6,8-11,13-16H2,1-3H3. The van der Waals surface area contributed by atoms with E-state index in [2.05, 4.69) is 54.9 Å². The van der Waals surface area contributed by atoms with Crippen LogP contribution in [0.3, 0.4) is 0 Å². The maximum absolute atomic E-state index is 6.34. The quantitative estimate of drug-likeness (QED) is 0.720. The third kappa shape index (κ3) is 4.16. The second-order valence-corrected chi connectivity index (χ2v) is 8.91. The Morgan fingerprint density at radius 1 is 1.18 bits per heavy atom. The highest BCUT2D eigenvalue weighted by Gasteiger charge is 2.34. The number of benzene rings is 1. The molecule has 0 radical (unpaired) electrons. The number of likely N-dealkylation sites (tertiary alicyclic amines) is 1. The summed E-state index contributed by atoms with van der Waals surface area (Å²) in [5.41, 5.74) is 6.88. The van der Waals surface area contributed by atoms with Gasteiger partial charge in [-0.25, -0.2) is 0 Å². The van der Waals surface area contributed by atoms with Gasteiger partial charge in [0.15, 0.2) is 0 Å². The van der Waals surface area contributed by atoms with E-state index < -0.39 is 0 Å². The summed E-state index contributed by atoms with van der Waals surface area (Å²) in [6, 6.07) is 11.0. The lowest BCUT2D eigenvalue weighted by atomic mass is 9.81. The summed E-state index contributed by atoms with van der Waals surface area (Å²) in [6.45, 7) is 11.2. The van der Waals surface area contributed by atoms with Crippen LogP contribution in [0.5, 0.6) is 0 Å². The van der Waals surface area contributed by atoms with Gasteiger partial charge < -0.3 is 9.64 Å². The molecule has 0 bridgehead atoms. The number of ether oxygens (including phenoxy) is 1. The van der Waals surface area contributed by atoms with Crippen molar-refractivity contribution in [3.8, 4) is 0 Å². The van der Waals surface area contributed by atoms with E-state index in [4.69, 9.17) is 4.74 Å². The van der Waals surface area contributed by atoms with Crippen molar-refractivity contribution in [1.29, 1.82) is 0 Å². The predicted octanol–water partition coefficient (Wildman–Crippen LogP) is 5.15. The molecular formula is C25H34N2O. The minimum atomic E-state index is -0.128. The van der Waals surface area contributed by atoms with E-state index in [0.717, 1.165) is 19.4 Å². The second-order valence-electron chi connectivity index (χ2n) is 8.91. The number of hydrogen-bond acceptors (Lipinski definition) is 3. The Hall–Kier alpha value is -1.71. The Morgan fingerprint density at radius 2 is 2.00 bits per heavy atom. The summed E-state index contributed by atoms with van der Waals surface area (Å²) < 4.78 is 6.34. The number of nitrogens with zero attached hydrogens (tertiary/aromatic N) is 2. The van der Waals surface area contributed by atoms with Crippen LogP contribution in [0.25, 0.3) is 0 Å². The first-order valence-corrected chi connectivity index (χ1v) is 10.9. The normalized spacial score (nSPS) is 23.5. The van der Waals surface area contributed by atoms with Gasteiger partial charge in [0.1, 0.15) is 0 Å². The fourth-order valence-electron chi connectivity index (χ4n) is 5.17. The van der Waals surface area contributed by atoms with E-state index in [9.17, 15) is 0 Å². The molecule has 0 aliphatic carbocycles. The van der Waals surface area contributed by atoms with Crippen molar-refractivity contribution < 1.29 is 4.74 Å². The fourth-order valence-corrected chi connectivity index (χ4v) is 5.17. The Balaban J connectivity index is 1.32. The number of hydrogen-bond donors (Lipinski definition) is 0. The van der Waals surface area contributed by atoms with E-state index >= 15 is 0 Å². The highest BCUT2D eigenvalue weighted by atomic mass is 16.5. The van der Waals surface area contributed by atoms with Crippen molar-refractivity contribution in [2.45, 2.75) is 64.4 Å². The van der Waals surface area contributed by atoms with Gasteiger partial charge in [-0.1, -0.05) is 23.8 Å². The van der Waals surface area contributed by atoms with Crippen LogP contribution >= 0.6 is 0 Å². The molecule has 3 heteroatoms. The summed E-state index contributed by atoms with van der Waals surface area (Å²) in [4.78, 5) is 7.19. The number of pyridine rings is 1. The molecule has 150 valence electrons. The van der Waals surface area contributed by atoms with Crippen LogP contribution < -0.4 is 0 Å². The zero-order valence-corrected chi connectivity index (χ0v) is 17.7. The molecule has 0 spiro atoms. The molecule has 28 heavy (non-hydrogen) atoms. The van der Waals surface area contributed by atoms with Crippen LogP contribution in [0, 0.1) is 13.8 Å². The van der Waals surface area contributed by atoms with E-state index in [1.807, 2.05) is 12.3 Å². The Kier molecular flexibility index (Phi) is 5.84. The number of piperidine rings is 1. The molecule has 1 saturated heterocycles. The number of fused-ring (bicyclic) bond motifs is 1. The van der Waals surface area contributed by atoms with Crippen molar-refractivity contribution in [3.63, 3.8) is 0 Å². The Labute approximate surface area is 170 Å². The molecule has 2 aromatic rings. The van der Waals surface area contributed by atoms with Gasteiger partial charge in [0.05, 0.1) is 12.2 Å². The zero-order chi connectivity index (χ0) is 19.6. The highest BCUT2D eigenvalue weighted by Crippen LogP contribution is 2.38. The first-order chi connectivity index (χ1) is 13.5. The predicted molar refractivity (Wildman–Crippen MR) is 115 cm³/mol. The van der Waals surface area contributed by atoms with Crippen molar-refractivity contribution >= 4 is 0 Å². The van der Waals surface area contributed by atoms with Gasteiger partial charge in [0, 0.05) is 17.8 Å². The maximum atomic E-state index is 6.34. The average molecular weight is 379 g/mol. The van der Waals surface area contributed by atoms with Gasteiger partial charge >= 0.3 is 0 Å². The van der Waals surface area contributed by atoms with Gasteiger partial charge in [-0.05, 0) is 101 Å². The summed E-state index contributed by atoms with van der Waals surface area (Å²) >= 11 is 0. The molecule has 0 amide bonds. The van der Waals surface area contributed by atoms with Crippen LogP contribution in [0.15, 0.2) is 36.5 Å². The Bertz CT molecular complexity index is 796. The monoisotopic (exact) mass is 378 g/mol. The van der Waals surface area contributed by atoms with E-state index in [1.54, 1.807) is 0 Å². The molecule has 0 N–H and O–H groups in total. The SMILES string of the molecule is Cc1cc(C)c2c(c1)C(C)(CCCN1CCC(c3ccccn3)CC1)OCC2. The van der Waals surface area contributed by atoms with Crippen molar-refractivity contribution in [2.75, 3.05) is 26.2 Å². The lowest BCUT2D eigenvalue weighted by Crippen LogP contribution is -2.36. The topological polar surface area (TPSA) is 25.4 Å². The average Bonchev–Trinajstić information content (AvgIpc) is 2.70. The molecular weight excluding hydrogens is 344 g/mol. The minimum Gasteiger partial charge on any atom is -0.370 e. The first-order valence-electron chi connectivity index (χ1n) is 10.9. The van der Waals surface area contributed by atoms with Crippen LogP contribution in [0.2, 0.25) is 0 Å². The first kappa shape index (κ1) is 19.6. The van der Waals surface area contributed by atoms with Crippen molar-refractivity contribution in [3.05, 3.63) is 64.5 Å². The summed E-state index contributed by atoms with van der Waals surface area (Å²) in [7, 11) is 0. The third-order valence-electron chi connectivity index (χ3n) is 6.78. The Morgan fingerprint density at radius 3 is 2.75 bits per heavy atom. The van der Waals surface area contributed by atoms with Crippen molar-refractivity contribution in [1.82, 2.24) is 9.88 Å². The van der Waals surface area contributed by atoms with Gasteiger partial charge in [-0.15, -0.1) is 0 Å². The van der Waals surface area contributed by atoms with Gasteiger partial charge in [-0.3, -0.25) is 4.98 Å². The fraction of sp³-hybridized carbons (Fsp3) is 0.560. The van der Waals surface area contributed by atoms with Crippen LogP contribution in [-0.4, -0.2) is 36.1 Å². The van der Waals surface area contributed by atoms with E-state index in [0.29, 0.717) is 5.92 Å². The summed E-state index contributed by atoms with van der Waals surface area (Å²) in [5, 5.41) is 0. The highest BCUT2D eigenvalue weighted by molar-refractivity contribution is 5.42. The second kappa shape index (κ2) is 8.34. The van der Waals surface area contributed by atoms with Gasteiger partial charge in [0.25, 0.3) is 0 Å². The minimum absolute atomic E-state index is 0.128. The number of aryl methyl sites for hydroxylation is 2. The maximum Gasteiger partial charge on any atom is 0.0906 e. The molecule has 3 nitrogen and oxygen atoms in total. The largest absolute Gasteiger partial charge is 0.370 e. The van der Waals surface area contributed by atoms with Gasteiger partial charge in [-0.2, -0.15) is 0 Å². The van der Waals surface area contributed by atoms with E-state index in [1.165, 1.54) is 66.8 Å². The van der Waals surface area contributed by atoms with Crippen LogP contribution in [-0.2, 0) is 16.8 Å². The molecule has 1 aromatic carbocycles. The molecule has 1 aromatic heterocycles. The third-order valence-corrected chi connectivity index (χ3v) is 6.78. The van der Waals surface area contributed by atoms with E-state index in [-0.39, 0.29) is 5.60 Å². The molecule has 2 aliphatic rings. The molecule has 3 heterocycles. The zero-order valence-electron chi connectivity index (χ0n) is 17.7.